The average molecular weight is 274 g/mol. The zero-order chi connectivity index (χ0) is 13.9. The van der Waals surface area contributed by atoms with Crippen LogP contribution in [0.2, 0.25) is 0 Å². The first-order valence-electron chi connectivity index (χ1n) is 7.44. The van der Waals surface area contributed by atoms with Crippen molar-refractivity contribution >= 4 is 0 Å². The Labute approximate surface area is 117 Å². The highest BCUT2D eigenvalue weighted by molar-refractivity contribution is 4.84. The Morgan fingerprint density at radius 2 is 1.74 bits per heavy atom. The molecular formula is C14H30N2O3. The molecule has 2 atom stereocenters. The van der Waals surface area contributed by atoms with E-state index in [1.165, 1.54) is 0 Å². The van der Waals surface area contributed by atoms with Gasteiger partial charge < -0.3 is 19.5 Å². The molecule has 1 fully saturated rings. The molecule has 0 amide bonds. The topological polar surface area (TPSA) is 43.0 Å². The molecule has 0 aromatic heterocycles. The summed E-state index contributed by atoms with van der Waals surface area (Å²) >= 11 is 0. The van der Waals surface area contributed by atoms with E-state index in [9.17, 15) is 0 Å². The average Bonchev–Trinajstić information content (AvgIpc) is 2.87. The molecule has 0 saturated carbocycles. The summed E-state index contributed by atoms with van der Waals surface area (Å²) in [4.78, 5) is 2.42. The van der Waals surface area contributed by atoms with Crippen molar-refractivity contribution in [2.45, 2.75) is 32.4 Å². The Morgan fingerprint density at radius 3 is 2.21 bits per heavy atom. The summed E-state index contributed by atoms with van der Waals surface area (Å²) in [6, 6.07) is 0.521. The zero-order valence-corrected chi connectivity index (χ0v) is 12.7. The molecule has 0 aromatic carbocycles. The fraction of sp³-hybridized carbons (Fsp3) is 1.00. The van der Waals surface area contributed by atoms with Crippen molar-refractivity contribution < 1.29 is 14.2 Å². The van der Waals surface area contributed by atoms with Crippen LogP contribution in [-0.2, 0) is 14.2 Å². The van der Waals surface area contributed by atoms with Gasteiger partial charge in [-0.2, -0.15) is 0 Å². The fourth-order valence-corrected chi connectivity index (χ4v) is 2.38. The van der Waals surface area contributed by atoms with E-state index in [4.69, 9.17) is 14.2 Å². The number of nitrogens with one attached hydrogen (secondary N) is 1. The summed E-state index contributed by atoms with van der Waals surface area (Å²) < 4.78 is 16.3. The smallest absolute Gasteiger partial charge is 0.0711 e. The molecule has 1 rings (SSSR count). The fourth-order valence-electron chi connectivity index (χ4n) is 2.38. The third kappa shape index (κ3) is 7.22. The molecule has 0 bridgehead atoms. The Kier molecular flexibility index (Phi) is 9.38. The predicted octanol–water partition coefficient (Wildman–Crippen LogP) is 0.738. The van der Waals surface area contributed by atoms with Crippen molar-refractivity contribution in [3.05, 3.63) is 0 Å². The monoisotopic (exact) mass is 274 g/mol. The highest BCUT2D eigenvalue weighted by Gasteiger charge is 2.25. The van der Waals surface area contributed by atoms with E-state index in [1.807, 2.05) is 13.8 Å². The largest absolute Gasteiger partial charge is 0.380 e. The summed E-state index contributed by atoms with van der Waals surface area (Å²) in [5.74, 6) is 0. The van der Waals surface area contributed by atoms with Crippen molar-refractivity contribution in [3.63, 3.8) is 0 Å². The van der Waals surface area contributed by atoms with Crippen molar-refractivity contribution in [3.8, 4) is 0 Å². The predicted molar refractivity (Wildman–Crippen MR) is 76.6 cm³/mol. The molecule has 0 aliphatic carbocycles. The first-order valence-corrected chi connectivity index (χ1v) is 7.44. The van der Waals surface area contributed by atoms with Gasteiger partial charge in [0.05, 0.1) is 19.3 Å². The quantitative estimate of drug-likeness (QED) is 0.563. The van der Waals surface area contributed by atoms with Gasteiger partial charge in [0.2, 0.25) is 0 Å². The van der Waals surface area contributed by atoms with Crippen LogP contribution in [0.5, 0.6) is 0 Å². The minimum Gasteiger partial charge on any atom is -0.380 e. The molecule has 0 radical (unpaired) electrons. The van der Waals surface area contributed by atoms with Gasteiger partial charge in [-0.3, -0.25) is 4.90 Å². The SMILES string of the molecule is CCOCCN(CCOCC)CC1CC(OC)CN1. The number of ether oxygens (including phenoxy) is 3. The first kappa shape index (κ1) is 16.9. The van der Waals surface area contributed by atoms with E-state index >= 15 is 0 Å². The molecule has 1 saturated heterocycles. The molecule has 5 heteroatoms. The molecule has 0 spiro atoms. The van der Waals surface area contributed by atoms with Gasteiger partial charge in [-0.1, -0.05) is 0 Å². The number of nitrogens with zero attached hydrogens (tertiary/aromatic N) is 1. The maximum Gasteiger partial charge on any atom is 0.0711 e. The molecular weight excluding hydrogens is 244 g/mol. The lowest BCUT2D eigenvalue weighted by molar-refractivity contribution is 0.0772. The van der Waals surface area contributed by atoms with Gasteiger partial charge in [-0.25, -0.2) is 0 Å². The minimum absolute atomic E-state index is 0.366. The molecule has 19 heavy (non-hydrogen) atoms. The van der Waals surface area contributed by atoms with Crippen LogP contribution in [0.15, 0.2) is 0 Å². The molecule has 0 aromatic rings. The molecule has 1 N–H and O–H groups in total. The summed E-state index contributed by atoms with van der Waals surface area (Å²) in [5.41, 5.74) is 0. The highest BCUT2D eigenvalue weighted by atomic mass is 16.5. The third-order valence-corrected chi connectivity index (χ3v) is 3.51. The van der Waals surface area contributed by atoms with Crippen molar-refractivity contribution in [1.29, 1.82) is 0 Å². The van der Waals surface area contributed by atoms with Crippen molar-refractivity contribution in [2.24, 2.45) is 0 Å². The van der Waals surface area contributed by atoms with Crippen LogP contribution in [0.1, 0.15) is 20.3 Å². The van der Waals surface area contributed by atoms with Crippen LogP contribution >= 0.6 is 0 Å². The number of hydrogen-bond acceptors (Lipinski definition) is 5. The number of methoxy groups -OCH3 is 1. The Balaban J connectivity index is 2.26. The van der Waals surface area contributed by atoms with Crippen LogP contribution in [0.3, 0.4) is 0 Å². The number of hydrogen-bond donors (Lipinski definition) is 1. The van der Waals surface area contributed by atoms with E-state index in [0.717, 1.165) is 59.0 Å². The highest BCUT2D eigenvalue weighted by Crippen LogP contribution is 2.10. The van der Waals surface area contributed by atoms with E-state index in [0.29, 0.717) is 12.1 Å². The van der Waals surface area contributed by atoms with Gasteiger partial charge in [0.15, 0.2) is 0 Å². The van der Waals surface area contributed by atoms with Gasteiger partial charge in [0.25, 0.3) is 0 Å². The lowest BCUT2D eigenvalue weighted by Gasteiger charge is -2.25. The summed E-state index contributed by atoms with van der Waals surface area (Å²) in [5, 5.41) is 3.52. The van der Waals surface area contributed by atoms with Crippen LogP contribution in [-0.4, -0.2) is 76.8 Å². The van der Waals surface area contributed by atoms with Crippen molar-refractivity contribution in [1.82, 2.24) is 10.2 Å². The molecule has 1 aliphatic heterocycles. The van der Waals surface area contributed by atoms with E-state index in [1.54, 1.807) is 7.11 Å². The third-order valence-electron chi connectivity index (χ3n) is 3.51. The van der Waals surface area contributed by atoms with Gasteiger partial charge in [-0.15, -0.1) is 0 Å². The standard InChI is InChI=1S/C14H30N2O3/c1-4-18-8-6-16(7-9-19-5-2)12-13-10-14(17-3)11-15-13/h13-15H,4-12H2,1-3H3. The van der Waals surface area contributed by atoms with E-state index in [-0.39, 0.29) is 0 Å². The second-order valence-electron chi connectivity index (χ2n) is 4.89. The molecule has 114 valence electrons. The van der Waals surface area contributed by atoms with Crippen LogP contribution in [0.25, 0.3) is 0 Å². The minimum atomic E-state index is 0.366. The van der Waals surface area contributed by atoms with Crippen LogP contribution in [0.4, 0.5) is 0 Å². The van der Waals surface area contributed by atoms with E-state index < -0.39 is 0 Å². The first-order chi connectivity index (χ1) is 9.30. The lowest BCUT2D eigenvalue weighted by Crippen LogP contribution is -2.40. The summed E-state index contributed by atoms with van der Waals surface area (Å²) in [6.45, 7) is 11.2. The molecule has 1 aliphatic rings. The second-order valence-corrected chi connectivity index (χ2v) is 4.89. The Hall–Kier alpha value is -0.200. The van der Waals surface area contributed by atoms with Crippen molar-refractivity contribution in [2.75, 3.05) is 59.7 Å². The maximum atomic E-state index is 5.45. The second kappa shape index (κ2) is 10.6. The van der Waals surface area contributed by atoms with Crippen LogP contribution in [0, 0.1) is 0 Å². The normalized spacial score (nSPS) is 23.4. The molecule has 5 nitrogen and oxygen atoms in total. The van der Waals surface area contributed by atoms with Gasteiger partial charge in [-0.05, 0) is 20.3 Å². The number of rotatable bonds is 11. The zero-order valence-electron chi connectivity index (χ0n) is 12.7. The summed E-state index contributed by atoms with van der Waals surface area (Å²) in [6.07, 6.45) is 1.46. The van der Waals surface area contributed by atoms with Crippen LogP contribution < -0.4 is 5.32 Å². The Bertz CT molecular complexity index is 207. The summed E-state index contributed by atoms with van der Waals surface area (Å²) in [7, 11) is 1.79. The van der Waals surface area contributed by atoms with E-state index in [2.05, 4.69) is 10.2 Å². The lowest BCUT2D eigenvalue weighted by atomic mass is 10.2. The Morgan fingerprint density at radius 1 is 1.11 bits per heavy atom. The van der Waals surface area contributed by atoms with Gasteiger partial charge >= 0.3 is 0 Å². The van der Waals surface area contributed by atoms with Gasteiger partial charge in [0.1, 0.15) is 0 Å². The molecule has 1 heterocycles. The maximum absolute atomic E-state index is 5.45. The molecule has 2 unspecified atom stereocenters. The van der Waals surface area contributed by atoms with Gasteiger partial charge in [0, 0.05) is 52.5 Å².